The average Bonchev–Trinajstić information content (AvgIpc) is 3.18. The molecule has 0 saturated carbocycles. The lowest BCUT2D eigenvalue weighted by atomic mass is 9.73. The van der Waals surface area contributed by atoms with Gasteiger partial charge in [0.1, 0.15) is 11.4 Å². The Morgan fingerprint density at radius 1 is 0.792 bits per heavy atom. The molecule has 2 aliphatic rings. The maximum absolute atomic E-state index is 14.1. The number of hydrogen-bond donors (Lipinski definition) is 1. The predicted octanol–water partition coefficient (Wildman–Crippen LogP) is 8.72. The first-order valence-electron chi connectivity index (χ1n) is 18.5. The van der Waals surface area contributed by atoms with E-state index in [2.05, 4.69) is 160 Å². The average molecular weight is 774 g/mol. The van der Waals surface area contributed by atoms with Crippen molar-refractivity contribution in [3.05, 3.63) is 166 Å². The van der Waals surface area contributed by atoms with Crippen molar-refractivity contribution >= 4 is 27.6 Å². The molecule has 2 amide bonds. The normalized spacial score (nSPS) is 20.5. The highest BCUT2D eigenvalue weighted by Gasteiger charge is 2.52. The molecule has 5 aromatic carbocycles. The third-order valence-electron chi connectivity index (χ3n) is 10.9. The number of methoxy groups -OCH3 is 1. The van der Waals surface area contributed by atoms with Crippen molar-refractivity contribution in [1.82, 2.24) is 14.7 Å². The fourth-order valence-corrected chi connectivity index (χ4v) is 8.68. The highest BCUT2D eigenvalue weighted by atomic mass is 79.9. The molecule has 0 aliphatic carbocycles. The van der Waals surface area contributed by atoms with Gasteiger partial charge in [-0.15, -0.1) is 0 Å². The third-order valence-corrected chi connectivity index (χ3v) is 11.4. The number of urea groups is 1. The molecule has 4 atom stereocenters. The van der Waals surface area contributed by atoms with Crippen LogP contribution in [-0.2, 0) is 10.3 Å². The van der Waals surface area contributed by atoms with E-state index in [1.807, 2.05) is 29.2 Å². The molecule has 1 unspecified atom stereocenters. The SMILES string of the molecule is COc1ccc(NC(=O)N2CC(CN(C)C)CCN3[C@H](COC(c4ccccc4)(c4ccccc4)c4ccccc4)[C@H](c4ccc(Br)cc4)[C@@H]3C2)cc1. The van der Waals surface area contributed by atoms with E-state index in [-0.39, 0.29) is 24.0 Å². The maximum atomic E-state index is 14.1. The number of benzene rings is 5. The molecule has 2 heterocycles. The van der Waals surface area contributed by atoms with Gasteiger partial charge in [-0.05, 0) is 91.6 Å². The largest absolute Gasteiger partial charge is 0.497 e. The molecule has 0 bridgehead atoms. The van der Waals surface area contributed by atoms with Gasteiger partial charge in [0.15, 0.2) is 0 Å². The van der Waals surface area contributed by atoms with Gasteiger partial charge < -0.3 is 24.6 Å². The molecule has 7 rings (SSSR count). The van der Waals surface area contributed by atoms with Crippen LogP contribution in [0.15, 0.2) is 144 Å². The zero-order valence-corrected chi connectivity index (χ0v) is 32.4. The molecular formula is C45H49BrN4O3. The van der Waals surface area contributed by atoms with Crippen molar-refractivity contribution in [3.8, 4) is 5.75 Å². The van der Waals surface area contributed by atoms with Crippen LogP contribution in [-0.4, -0.2) is 86.8 Å². The smallest absolute Gasteiger partial charge is 0.321 e. The number of nitrogens with zero attached hydrogens (tertiary/aromatic N) is 3. The van der Waals surface area contributed by atoms with Crippen LogP contribution in [0.3, 0.4) is 0 Å². The maximum Gasteiger partial charge on any atom is 0.321 e. The molecule has 1 N–H and O–H groups in total. The minimum atomic E-state index is -0.820. The Labute approximate surface area is 322 Å². The lowest BCUT2D eigenvalue weighted by Gasteiger charge is -2.58. The first-order chi connectivity index (χ1) is 25.9. The van der Waals surface area contributed by atoms with Crippen LogP contribution in [0.1, 0.15) is 34.6 Å². The van der Waals surface area contributed by atoms with Crippen LogP contribution in [0.25, 0.3) is 0 Å². The predicted molar refractivity (Wildman–Crippen MR) is 217 cm³/mol. The van der Waals surface area contributed by atoms with Crippen LogP contribution >= 0.6 is 15.9 Å². The molecule has 2 aliphatic heterocycles. The molecular weight excluding hydrogens is 724 g/mol. The van der Waals surface area contributed by atoms with E-state index in [1.54, 1.807) is 7.11 Å². The Bertz CT molecular complexity index is 1810. The molecule has 0 spiro atoms. The van der Waals surface area contributed by atoms with E-state index in [9.17, 15) is 4.79 Å². The van der Waals surface area contributed by atoms with E-state index in [0.29, 0.717) is 25.6 Å². The van der Waals surface area contributed by atoms with Crippen molar-refractivity contribution < 1.29 is 14.3 Å². The number of hydrogen-bond acceptors (Lipinski definition) is 5. The summed E-state index contributed by atoms with van der Waals surface area (Å²) in [6.07, 6.45) is 0.978. The van der Waals surface area contributed by atoms with Crippen molar-refractivity contribution in [1.29, 1.82) is 0 Å². The molecule has 2 fully saturated rings. The summed E-state index contributed by atoms with van der Waals surface area (Å²) in [4.78, 5) is 21.0. The van der Waals surface area contributed by atoms with Crippen molar-refractivity contribution in [2.24, 2.45) is 5.92 Å². The van der Waals surface area contributed by atoms with Gasteiger partial charge in [0, 0.05) is 47.8 Å². The number of fused-ring (bicyclic) bond motifs is 1. The van der Waals surface area contributed by atoms with Crippen molar-refractivity contribution in [2.75, 3.05) is 59.3 Å². The zero-order chi connectivity index (χ0) is 36.8. The topological polar surface area (TPSA) is 57.3 Å². The molecule has 7 nitrogen and oxygen atoms in total. The van der Waals surface area contributed by atoms with Crippen molar-refractivity contribution in [3.63, 3.8) is 0 Å². The number of halogens is 1. The van der Waals surface area contributed by atoms with Gasteiger partial charge in [-0.2, -0.15) is 0 Å². The Balaban J connectivity index is 1.24. The first-order valence-corrected chi connectivity index (χ1v) is 19.3. The Morgan fingerprint density at radius 2 is 1.36 bits per heavy atom. The third kappa shape index (κ3) is 8.06. The summed E-state index contributed by atoms with van der Waals surface area (Å²) in [5, 5.41) is 3.19. The minimum absolute atomic E-state index is 0.0775. The van der Waals surface area contributed by atoms with Gasteiger partial charge in [-0.3, -0.25) is 4.90 Å². The number of rotatable bonds is 11. The molecule has 2 saturated heterocycles. The molecule has 8 heteroatoms. The highest BCUT2D eigenvalue weighted by molar-refractivity contribution is 9.10. The van der Waals surface area contributed by atoms with Crippen LogP contribution < -0.4 is 10.1 Å². The highest BCUT2D eigenvalue weighted by Crippen LogP contribution is 2.46. The van der Waals surface area contributed by atoms with Gasteiger partial charge in [0.25, 0.3) is 0 Å². The summed E-state index contributed by atoms with van der Waals surface area (Å²) in [5.74, 6) is 1.23. The zero-order valence-electron chi connectivity index (χ0n) is 30.8. The summed E-state index contributed by atoms with van der Waals surface area (Å²) in [5.41, 5.74) is 4.46. The second kappa shape index (κ2) is 16.7. The number of carbonyl (C=O) groups is 1. The molecule has 53 heavy (non-hydrogen) atoms. The molecule has 274 valence electrons. The van der Waals surface area contributed by atoms with Gasteiger partial charge in [0.2, 0.25) is 0 Å². The second-order valence-electron chi connectivity index (χ2n) is 14.5. The lowest BCUT2D eigenvalue weighted by molar-refractivity contribution is -0.105. The van der Waals surface area contributed by atoms with Crippen LogP contribution in [0.2, 0.25) is 0 Å². The summed E-state index contributed by atoms with van der Waals surface area (Å²) < 4.78 is 13.9. The molecule has 5 aromatic rings. The van der Waals surface area contributed by atoms with E-state index < -0.39 is 5.60 Å². The van der Waals surface area contributed by atoms with E-state index in [0.717, 1.165) is 52.1 Å². The van der Waals surface area contributed by atoms with Gasteiger partial charge in [-0.1, -0.05) is 119 Å². The molecule has 0 radical (unpaired) electrons. The van der Waals surface area contributed by atoms with Gasteiger partial charge in [-0.25, -0.2) is 4.79 Å². The van der Waals surface area contributed by atoms with E-state index in [4.69, 9.17) is 9.47 Å². The lowest BCUT2D eigenvalue weighted by Crippen LogP contribution is -2.69. The fourth-order valence-electron chi connectivity index (χ4n) is 8.41. The summed E-state index contributed by atoms with van der Waals surface area (Å²) >= 11 is 3.66. The van der Waals surface area contributed by atoms with Gasteiger partial charge in [0.05, 0.1) is 13.7 Å². The Hall–Kier alpha value is -4.47. The second-order valence-corrected chi connectivity index (χ2v) is 15.4. The number of amides is 2. The summed E-state index contributed by atoms with van der Waals surface area (Å²) in [6, 6.07) is 48.2. The minimum Gasteiger partial charge on any atom is -0.497 e. The van der Waals surface area contributed by atoms with E-state index in [1.165, 1.54) is 5.56 Å². The summed E-state index contributed by atoms with van der Waals surface area (Å²) in [7, 11) is 5.88. The first kappa shape index (κ1) is 36.9. The number of carbonyl (C=O) groups excluding carboxylic acids is 1. The quantitative estimate of drug-likeness (QED) is 0.136. The summed E-state index contributed by atoms with van der Waals surface area (Å²) in [6.45, 7) is 3.66. The van der Waals surface area contributed by atoms with Crippen LogP contribution in [0, 0.1) is 5.92 Å². The fraction of sp³-hybridized carbons (Fsp3) is 0.311. The number of nitrogens with one attached hydrogen (secondary N) is 1. The van der Waals surface area contributed by atoms with Crippen molar-refractivity contribution in [2.45, 2.75) is 30.0 Å². The van der Waals surface area contributed by atoms with E-state index >= 15 is 0 Å². The Kier molecular flexibility index (Phi) is 11.6. The van der Waals surface area contributed by atoms with Gasteiger partial charge >= 0.3 is 6.03 Å². The monoisotopic (exact) mass is 772 g/mol. The number of ether oxygens (including phenoxy) is 2. The Morgan fingerprint density at radius 3 is 1.89 bits per heavy atom. The molecule has 0 aromatic heterocycles. The standard InChI is InChI=1S/C45H49BrN4O3/c1-48(2)29-33-27-28-50-41(31-49(30-33)44(51)47-39-23-25-40(52-3)26-24-39)43(34-19-21-38(46)22-20-34)42(50)32-53-45(35-13-7-4-8-14-35,36-15-9-5-10-16-36)37-17-11-6-12-18-37/h4-26,33,41-43H,27-32H2,1-3H3,(H,47,51)/t33?,41-,42+,43+/m0/s1. The number of anilines is 1. The van der Waals surface area contributed by atoms with Crippen LogP contribution in [0.5, 0.6) is 5.75 Å². The van der Waals surface area contributed by atoms with Crippen LogP contribution in [0.4, 0.5) is 10.5 Å².